The van der Waals surface area contributed by atoms with Gasteiger partial charge in [-0.2, -0.15) is 0 Å². The van der Waals surface area contributed by atoms with Crippen molar-refractivity contribution in [1.29, 1.82) is 0 Å². The second kappa shape index (κ2) is 5.70. The second-order valence-corrected chi connectivity index (χ2v) is 4.28. The van der Waals surface area contributed by atoms with Gasteiger partial charge in [0.2, 0.25) is 0 Å². The summed E-state index contributed by atoms with van der Waals surface area (Å²) in [5, 5.41) is 11.7. The van der Waals surface area contributed by atoms with Crippen LogP contribution in [0.5, 0.6) is 0 Å². The van der Waals surface area contributed by atoms with Crippen LogP contribution in [0.2, 0.25) is 0 Å². The van der Waals surface area contributed by atoms with E-state index in [0.717, 1.165) is 0 Å². The van der Waals surface area contributed by atoms with Crippen molar-refractivity contribution in [3.63, 3.8) is 0 Å². The molecule has 0 saturated carbocycles. The van der Waals surface area contributed by atoms with E-state index in [4.69, 9.17) is 4.74 Å². The topological polar surface area (TPSA) is 75.6 Å². The molecule has 0 spiro atoms. The third-order valence-corrected chi connectivity index (χ3v) is 1.66. The molecule has 2 atom stereocenters. The Morgan fingerprint density at radius 2 is 2.07 bits per heavy atom. The maximum absolute atomic E-state index is 11.2. The number of ether oxygens (including phenoxy) is 1. The van der Waals surface area contributed by atoms with E-state index in [0.29, 0.717) is 12.7 Å². The van der Waals surface area contributed by atoms with Crippen LogP contribution in [0.25, 0.3) is 0 Å². The fourth-order valence-corrected chi connectivity index (χ4v) is 0.918. The van der Waals surface area contributed by atoms with Gasteiger partial charge in [-0.3, -0.25) is 0 Å². The lowest BCUT2D eigenvalue weighted by atomic mass is 10.1. The number of nitrogens with one attached hydrogen (secondary N) is 1. The molecule has 5 nitrogen and oxygen atoms in total. The molecule has 0 aliphatic heterocycles. The molecule has 0 unspecified atom stereocenters. The van der Waals surface area contributed by atoms with Crippen molar-refractivity contribution in [1.82, 2.24) is 5.32 Å². The molecule has 0 bridgehead atoms. The number of aliphatic hydroxyl groups excluding tert-OH is 1. The average molecular weight is 217 g/mol. The molecule has 0 heterocycles. The monoisotopic (exact) mass is 217 g/mol. The van der Waals surface area contributed by atoms with E-state index in [2.05, 4.69) is 5.32 Å². The summed E-state index contributed by atoms with van der Waals surface area (Å²) in [5.41, 5.74) is -0.616. The second-order valence-electron chi connectivity index (χ2n) is 4.28. The van der Waals surface area contributed by atoms with Gasteiger partial charge in [0, 0.05) is 0 Å². The van der Waals surface area contributed by atoms with E-state index in [-0.39, 0.29) is 0 Å². The average Bonchev–Trinajstić information content (AvgIpc) is 2.10. The Morgan fingerprint density at radius 3 is 2.40 bits per heavy atom. The van der Waals surface area contributed by atoms with Gasteiger partial charge in [-0.05, 0) is 27.2 Å². The van der Waals surface area contributed by atoms with Crippen LogP contribution >= 0.6 is 0 Å². The number of aldehydes is 1. The molecule has 0 aromatic heterocycles. The van der Waals surface area contributed by atoms with Crippen LogP contribution in [0.1, 0.15) is 34.1 Å². The summed E-state index contributed by atoms with van der Waals surface area (Å²) in [6.07, 6.45) is -0.695. The van der Waals surface area contributed by atoms with Crippen LogP contribution in [0, 0.1) is 0 Å². The van der Waals surface area contributed by atoms with Crippen LogP contribution in [0.4, 0.5) is 4.79 Å². The molecule has 0 aliphatic carbocycles. The maximum atomic E-state index is 11.2. The largest absolute Gasteiger partial charge is 0.444 e. The van der Waals surface area contributed by atoms with Gasteiger partial charge < -0.3 is 20.0 Å². The SMILES string of the molecule is CC[C@H](O)[C@@H](C=O)NC(=O)OC(C)(C)C. The van der Waals surface area contributed by atoms with Crippen LogP contribution in [-0.4, -0.2) is 35.2 Å². The molecule has 2 N–H and O–H groups in total. The van der Waals surface area contributed by atoms with Gasteiger partial charge >= 0.3 is 6.09 Å². The van der Waals surface area contributed by atoms with Crippen molar-refractivity contribution in [2.24, 2.45) is 0 Å². The molecule has 0 aromatic rings. The van der Waals surface area contributed by atoms with Gasteiger partial charge in [0.15, 0.2) is 0 Å². The summed E-state index contributed by atoms with van der Waals surface area (Å²) in [6.45, 7) is 6.88. The zero-order valence-corrected chi connectivity index (χ0v) is 9.61. The zero-order valence-electron chi connectivity index (χ0n) is 9.61. The van der Waals surface area contributed by atoms with Crippen molar-refractivity contribution in [2.75, 3.05) is 0 Å². The first-order chi connectivity index (χ1) is 6.80. The Balaban J connectivity index is 4.19. The summed E-state index contributed by atoms with van der Waals surface area (Å²) in [7, 11) is 0. The third kappa shape index (κ3) is 6.06. The summed E-state index contributed by atoms with van der Waals surface area (Å²) >= 11 is 0. The first-order valence-electron chi connectivity index (χ1n) is 4.93. The number of rotatable bonds is 4. The highest BCUT2D eigenvalue weighted by atomic mass is 16.6. The predicted octanol–water partition coefficient (Wildman–Crippen LogP) is 0.849. The first kappa shape index (κ1) is 13.9. The van der Waals surface area contributed by atoms with E-state index in [9.17, 15) is 14.7 Å². The van der Waals surface area contributed by atoms with Crippen LogP contribution in [0.3, 0.4) is 0 Å². The van der Waals surface area contributed by atoms with Gasteiger partial charge in [-0.25, -0.2) is 4.79 Å². The summed E-state index contributed by atoms with van der Waals surface area (Å²) in [4.78, 5) is 21.8. The molecule has 0 aromatic carbocycles. The van der Waals surface area contributed by atoms with Crippen molar-refractivity contribution in [3.05, 3.63) is 0 Å². The smallest absolute Gasteiger partial charge is 0.408 e. The van der Waals surface area contributed by atoms with Gasteiger partial charge in [-0.15, -0.1) is 0 Å². The van der Waals surface area contributed by atoms with Crippen LogP contribution < -0.4 is 5.32 Å². The number of aliphatic hydroxyl groups is 1. The minimum absolute atomic E-state index is 0.388. The highest BCUT2D eigenvalue weighted by Crippen LogP contribution is 2.07. The fourth-order valence-electron chi connectivity index (χ4n) is 0.918. The predicted molar refractivity (Wildman–Crippen MR) is 55.5 cm³/mol. The lowest BCUT2D eigenvalue weighted by molar-refractivity contribution is -0.112. The van der Waals surface area contributed by atoms with Gasteiger partial charge in [0.25, 0.3) is 0 Å². The van der Waals surface area contributed by atoms with E-state index >= 15 is 0 Å². The minimum atomic E-state index is -0.912. The standard InChI is InChI=1S/C10H19NO4/c1-5-8(13)7(6-12)11-9(14)15-10(2,3)4/h6-8,13H,5H2,1-4H3,(H,11,14)/t7-,8+/m1/s1. The van der Waals surface area contributed by atoms with Crippen molar-refractivity contribution in [2.45, 2.75) is 51.9 Å². The van der Waals surface area contributed by atoms with Gasteiger partial charge in [0.1, 0.15) is 17.9 Å². The molecule has 0 rings (SSSR count). The Hall–Kier alpha value is -1.10. The van der Waals surface area contributed by atoms with E-state index in [1.807, 2.05) is 0 Å². The molecule has 0 radical (unpaired) electrons. The van der Waals surface area contributed by atoms with Gasteiger partial charge in [-0.1, -0.05) is 6.92 Å². The number of carbonyl (C=O) groups excluding carboxylic acids is 2. The number of hydrogen-bond donors (Lipinski definition) is 2. The molecular formula is C10H19NO4. The number of alkyl carbamates (subject to hydrolysis) is 1. The van der Waals surface area contributed by atoms with E-state index in [1.165, 1.54) is 0 Å². The summed E-state index contributed by atoms with van der Waals surface area (Å²) < 4.78 is 4.94. The quantitative estimate of drug-likeness (QED) is 0.684. The molecule has 0 saturated heterocycles. The lowest BCUT2D eigenvalue weighted by Crippen LogP contribution is -2.46. The van der Waals surface area contributed by atoms with E-state index < -0.39 is 23.8 Å². The van der Waals surface area contributed by atoms with Crippen LogP contribution in [0.15, 0.2) is 0 Å². The lowest BCUT2D eigenvalue weighted by Gasteiger charge is -2.23. The molecule has 15 heavy (non-hydrogen) atoms. The Bertz CT molecular complexity index is 222. The first-order valence-corrected chi connectivity index (χ1v) is 4.93. The molecule has 88 valence electrons. The van der Waals surface area contributed by atoms with Crippen molar-refractivity contribution in [3.8, 4) is 0 Å². The zero-order chi connectivity index (χ0) is 12.1. The Kier molecular flexibility index (Phi) is 5.28. The molecular weight excluding hydrogens is 198 g/mol. The van der Waals surface area contributed by atoms with Crippen molar-refractivity contribution >= 4 is 12.4 Å². The fraction of sp³-hybridized carbons (Fsp3) is 0.800. The van der Waals surface area contributed by atoms with Crippen LogP contribution in [-0.2, 0) is 9.53 Å². The van der Waals surface area contributed by atoms with E-state index in [1.54, 1.807) is 27.7 Å². The number of amides is 1. The van der Waals surface area contributed by atoms with Gasteiger partial charge in [0.05, 0.1) is 6.10 Å². The minimum Gasteiger partial charge on any atom is -0.444 e. The third-order valence-electron chi connectivity index (χ3n) is 1.66. The highest BCUT2D eigenvalue weighted by molar-refractivity contribution is 5.73. The molecule has 0 aliphatic rings. The summed E-state index contributed by atoms with van der Waals surface area (Å²) in [5.74, 6) is 0. The van der Waals surface area contributed by atoms with Crippen molar-refractivity contribution < 1.29 is 19.4 Å². The normalized spacial score (nSPS) is 15.3. The maximum Gasteiger partial charge on any atom is 0.408 e. The summed E-state index contributed by atoms with van der Waals surface area (Å²) in [6, 6.07) is -0.912. The highest BCUT2D eigenvalue weighted by Gasteiger charge is 2.22. The molecule has 0 fully saturated rings. The number of hydrogen-bond acceptors (Lipinski definition) is 4. The Morgan fingerprint density at radius 1 is 1.53 bits per heavy atom. The number of carbonyl (C=O) groups is 2. The molecule has 5 heteroatoms. The Labute approximate surface area is 89.8 Å². The molecule has 1 amide bonds.